The van der Waals surface area contributed by atoms with Crippen molar-refractivity contribution in [3.63, 3.8) is 0 Å². The lowest BCUT2D eigenvalue weighted by molar-refractivity contribution is -0.437. The van der Waals surface area contributed by atoms with Gasteiger partial charge in [0.1, 0.15) is 6.42 Å². The maximum absolute atomic E-state index is 11.4. The van der Waals surface area contributed by atoms with Gasteiger partial charge in [-0.05, 0) is 51.8 Å². The summed E-state index contributed by atoms with van der Waals surface area (Å²) < 4.78 is 2.21. The molecule has 0 amide bonds. The molecular formula is C30H37N2O2+. The van der Waals surface area contributed by atoms with Gasteiger partial charge in [-0.25, -0.2) is 0 Å². The first-order valence-corrected chi connectivity index (χ1v) is 12.2. The molecule has 2 heterocycles. The molecule has 0 unspecified atom stereocenters. The number of anilines is 1. The van der Waals surface area contributed by atoms with Crippen molar-refractivity contribution >= 4 is 23.1 Å². The first-order chi connectivity index (χ1) is 16.0. The quantitative estimate of drug-likeness (QED) is 0.510. The van der Waals surface area contributed by atoms with Crippen LogP contribution in [0.2, 0.25) is 0 Å². The molecule has 0 atom stereocenters. The van der Waals surface area contributed by atoms with Crippen LogP contribution in [-0.2, 0) is 15.6 Å². The third-order valence-corrected chi connectivity index (χ3v) is 7.60. The zero-order valence-electron chi connectivity index (χ0n) is 21.6. The van der Waals surface area contributed by atoms with Gasteiger partial charge in [-0.2, -0.15) is 4.58 Å². The highest BCUT2D eigenvalue weighted by atomic mass is 16.4. The van der Waals surface area contributed by atoms with Crippen LogP contribution < -0.4 is 4.90 Å². The Kier molecular flexibility index (Phi) is 6.05. The summed E-state index contributed by atoms with van der Waals surface area (Å²) in [4.78, 5) is 13.8. The van der Waals surface area contributed by atoms with Crippen molar-refractivity contribution in [2.45, 2.75) is 65.7 Å². The van der Waals surface area contributed by atoms with Crippen molar-refractivity contribution < 1.29 is 14.5 Å². The zero-order chi connectivity index (χ0) is 24.8. The predicted octanol–water partition coefficient (Wildman–Crippen LogP) is 6.41. The minimum atomic E-state index is -0.773. The van der Waals surface area contributed by atoms with Crippen LogP contribution in [0.4, 0.5) is 11.4 Å². The van der Waals surface area contributed by atoms with Crippen LogP contribution in [0.25, 0.3) is 0 Å². The third kappa shape index (κ3) is 3.70. The fourth-order valence-corrected chi connectivity index (χ4v) is 5.83. The Hall–Kier alpha value is -3.14. The number of rotatable bonds is 6. The molecule has 0 aromatic heterocycles. The summed E-state index contributed by atoms with van der Waals surface area (Å²) in [6.07, 6.45) is 6.70. The Morgan fingerprint density at radius 2 is 1.65 bits per heavy atom. The molecule has 178 valence electrons. The van der Waals surface area contributed by atoms with Crippen LogP contribution in [0.1, 0.15) is 63.3 Å². The minimum absolute atomic E-state index is 0.0832. The van der Waals surface area contributed by atoms with Crippen LogP contribution in [0.3, 0.4) is 0 Å². The number of para-hydroxylation sites is 2. The van der Waals surface area contributed by atoms with Gasteiger partial charge in [0.05, 0.1) is 5.41 Å². The van der Waals surface area contributed by atoms with E-state index in [2.05, 4.69) is 113 Å². The number of carboxylic acids is 1. The van der Waals surface area contributed by atoms with Crippen molar-refractivity contribution in [1.82, 2.24) is 0 Å². The second-order valence-electron chi connectivity index (χ2n) is 10.5. The number of allylic oxidation sites excluding steroid dienone is 4. The lowest BCUT2D eigenvalue weighted by Gasteiger charge is -2.26. The fraction of sp³-hybridized carbons (Fsp3) is 0.400. The summed E-state index contributed by atoms with van der Waals surface area (Å²) in [6, 6.07) is 13.0. The van der Waals surface area contributed by atoms with Crippen molar-refractivity contribution in [2.75, 3.05) is 18.0 Å². The summed E-state index contributed by atoms with van der Waals surface area (Å²) >= 11 is 0. The molecule has 4 nitrogen and oxygen atoms in total. The Balaban J connectivity index is 1.79. The second-order valence-corrected chi connectivity index (χ2v) is 10.5. The number of aryl methyl sites for hydroxylation is 2. The van der Waals surface area contributed by atoms with Gasteiger partial charge in [-0.3, -0.25) is 4.79 Å². The largest absolute Gasteiger partial charge is 0.481 e. The molecule has 2 aliphatic heterocycles. The molecular weight excluding hydrogens is 420 g/mol. The highest BCUT2D eigenvalue weighted by Gasteiger charge is 2.45. The van der Waals surface area contributed by atoms with E-state index in [0.717, 1.165) is 17.9 Å². The Morgan fingerprint density at radius 1 is 1.00 bits per heavy atom. The van der Waals surface area contributed by atoms with Gasteiger partial charge in [0.15, 0.2) is 12.3 Å². The molecule has 0 saturated heterocycles. The Bertz CT molecular complexity index is 1240. The standard InChI is InChI=1S/C30H36N2O2/c1-8-31-24(29(4,5)22-14-9-12-20(2)27(22)31)16-11-17-25-30(6,7)23-15-10-13-21(3)28(23)32(25)19-18-26(33)34/h9-17H,8,18-19H2,1-7H3/p+1. The van der Waals surface area contributed by atoms with E-state index in [1.807, 2.05) is 0 Å². The van der Waals surface area contributed by atoms with E-state index >= 15 is 0 Å². The molecule has 0 radical (unpaired) electrons. The van der Waals surface area contributed by atoms with Crippen LogP contribution in [0.15, 0.2) is 60.3 Å². The number of carbonyl (C=O) groups is 1. The summed E-state index contributed by atoms with van der Waals surface area (Å²) in [6.45, 7) is 16.9. The SMILES string of the molecule is CCN1C(=CC=CC2=[N+](CCC(=O)O)c3c(C)cccc3C2(C)C)C(C)(C)c2cccc(C)c21. The highest BCUT2D eigenvalue weighted by molar-refractivity contribution is 6.03. The number of hydrogen-bond acceptors (Lipinski definition) is 2. The zero-order valence-corrected chi connectivity index (χ0v) is 21.6. The maximum atomic E-state index is 11.4. The lowest BCUT2D eigenvalue weighted by atomic mass is 9.80. The molecule has 4 rings (SSSR count). The predicted molar refractivity (Wildman–Crippen MR) is 141 cm³/mol. The van der Waals surface area contributed by atoms with Gasteiger partial charge >= 0.3 is 5.97 Å². The topological polar surface area (TPSA) is 43.5 Å². The van der Waals surface area contributed by atoms with Gasteiger partial charge in [0.2, 0.25) is 5.69 Å². The third-order valence-electron chi connectivity index (χ3n) is 7.60. The van der Waals surface area contributed by atoms with E-state index in [4.69, 9.17) is 0 Å². The number of benzene rings is 2. The monoisotopic (exact) mass is 457 g/mol. The van der Waals surface area contributed by atoms with E-state index in [9.17, 15) is 9.90 Å². The minimum Gasteiger partial charge on any atom is -0.481 e. The summed E-state index contributed by atoms with van der Waals surface area (Å²) in [5.74, 6) is -0.773. The number of nitrogens with zero attached hydrogens (tertiary/aromatic N) is 2. The molecule has 1 N–H and O–H groups in total. The van der Waals surface area contributed by atoms with Gasteiger partial charge in [0.25, 0.3) is 0 Å². The average molecular weight is 458 g/mol. The molecule has 2 aliphatic rings. The number of aliphatic carboxylic acids is 1. The highest BCUT2D eigenvalue weighted by Crippen LogP contribution is 2.49. The van der Waals surface area contributed by atoms with Crippen molar-refractivity contribution in [2.24, 2.45) is 0 Å². The maximum Gasteiger partial charge on any atom is 0.309 e. The van der Waals surface area contributed by atoms with Gasteiger partial charge in [-0.15, -0.1) is 0 Å². The average Bonchev–Trinajstić information content (AvgIpc) is 3.13. The molecule has 0 saturated carbocycles. The van der Waals surface area contributed by atoms with Crippen LogP contribution in [0.5, 0.6) is 0 Å². The van der Waals surface area contributed by atoms with E-state index in [1.165, 1.54) is 33.6 Å². The second kappa shape index (κ2) is 8.57. The summed E-state index contributed by atoms with van der Waals surface area (Å²) in [7, 11) is 0. The van der Waals surface area contributed by atoms with Gasteiger partial charge < -0.3 is 10.0 Å². The molecule has 0 aliphatic carbocycles. The molecule has 0 spiro atoms. The fourth-order valence-electron chi connectivity index (χ4n) is 5.83. The molecule has 0 fully saturated rings. The Labute approximate surface area is 203 Å². The van der Waals surface area contributed by atoms with E-state index in [-0.39, 0.29) is 17.3 Å². The number of likely N-dealkylation sites (N-methyl/N-ethyl adjacent to an activating group) is 1. The molecule has 34 heavy (non-hydrogen) atoms. The van der Waals surface area contributed by atoms with Crippen LogP contribution in [-0.4, -0.2) is 34.5 Å². The van der Waals surface area contributed by atoms with Gasteiger partial charge in [-0.1, -0.05) is 56.3 Å². The number of hydrogen-bond donors (Lipinski definition) is 1. The molecule has 4 heteroatoms. The molecule has 0 bridgehead atoms. The van der Waals surface area contributed by atoms with Crippen molar-refractivity contribution in [3.8, 4) is 0 Å². The Morgan fingerprint density at radius 3 is 2.29 bits per heavy atom. The van der Waals surface area contributed by atoms with Crippen molar-refractivity contribution in [1.29, 1.82) is 0 Å². The van der Waals surface area contributed by atoms with E-state index in [0.29, 0.717) is 6.54 Å². The number of fused-ring (bicyclic) bond motifs is 2. The van der Waals surface area contributed by atoms with Gasteiger partial charge in [0, 0.05) is 40.5 Å². The smallest absolute Gasteiger partial charge is 0.309 e. The van der Waals surface area contributed by atoms with Crippen LogP contribution in [0, 0.1) is 13.8 Å². The molecule has 2 aromatic rings. The van der Waals surface area contributed by atoms with E-state index in [1.54, 1.807) is 0 Å². The lowest BCUT2D eigenvalue weighted by Crippen LogP contribution is -2.28. The first-order valence-electron chi connectivity index (χ1n) is 12.2. The molecule has 2 aromatic carbocycles. The van der Waals surface area contributed by atoms with Crippen LogP contribution >= 0.6 is 0 Å². The van der Waals surface area contributed by atoms with Crippen molar-refractivity contribution in [3.05, 3.63) is 82.6 Å². The normalized spacial score (nSPS) is 19.3. The summed E-state index contributed by atoms with van der Waals surface area (Å²) in [5, 5.41) is 9.38. The first kappa shape index (κ1) is 24.0. The summed E-state index contributed by atoms with van der Waals surface area (Å²) in [5.41, 5.74) is 9.73. The van der Waals surface area contributed by atoms with E-state index < -0.39 is 5.97 Å². The number of carboxylic acid groups (broad SMARTS) is 1.